The maximum Gasteiger partial charge on any atom is 0.0645 e. The topological polar surface area (TPSA) is 47.7 Å². The fraction of sp³-hybridized carbons (Fsp3) is 0.333. The fourth-order valence-electron chi connectivity index (χ4n) is 2.51. The van der Waals surface area contributed by atoms with Gasteiger partial charge in [0.05, 0.1) is 24.1 Å². The van der Waals surface area contributed by atoms with Gasteiger partial charge in [0, 0.05) is 30.5 Å². The highest BCUT2D eigenvalue weighted by molar-refractivity contribution is 5.30. The third-order valence-corrected chi connectivity index (χ3v) is 4.16. The first-order valence-corrected chi connectivity index (χ1v) is 7.96. The van der Waals surface area contributed by atoms with Crippen molar-refractivity contribution in [1.82, 2.24) is 24.9 Å². The molecule has 1 aromatic carbocycles. The van der Waals surface area contributed by atoms with Crippen LogP contribution in [0.5, 0.6) is 0 Å². The van der Waals surface area contributed by atoms with Crippen LogP contribution in [0.25, 0.3) is 5.69 Å². The van der Waals surface area contributed by atoms with E-state index in [2.05, 4.69) is 60.8 Å². The molecule has 1 N–H and O–H groups in total. The van der Waals surface area contributed by atoms with Crippen LogP contribution in [0.1, 0.15) is 31.0 Å². The van der Waals surface area contributed by atoms with Crippen molar-refractivity contribution in [2.24, 2.45) is 0 Å². The predicted octanol–water partition coefficient (Wildman–Crippen LogP) is 3.12. The standard InChI is InChI=1S/C18H23N5/c1-14-9-20-22(12-14)16(3)15(2)19-10-17-11-21-23(13-17)18-7-5-4-6-8-18/h4-9,11-13,15-16,19H,10H2,1-3H3/t15-,16+/m0/s1. The summed E-state index contributed by atoms with van der Waals surface area (Å²) >= 11 is 0. The summed E-state index contributed by atoms with van der Waals surface area (Å²) < 4.78 is 3.92. The van der Waals surface area contributed by atoms with E-state index >= 15 is 0 Å². The van der Waals surface area contributed by atoms with E-state index in [1.807, 2.05) is 40.0 Å². The molecule has 3 rings (SSSR count). The molecule has 120 valence electrons. The number of aromatic nitrogens is 4. The van der Waals surface area contributed by atoms with Crippen LogP contribution in [-0.4, -0.2) is 25.6 Å². The van der Waals surface area contributed by atoms with Crippen LogP contribution in [0.3, 0.4) is 0 Å². The lowest BCUT2D eigenvalue weighted by atomic mass is 10.1. The van der Waals surface area contributed by atoms with Gasteiger partial charge in [0.25, 0.3) is 0 Å². The van der Waals surface area contributed by atoms with Crippen LogP contribution in [0, 0.1) is 6.92 Å². The molecular weight excluding hydrogens is 286 g/mol. The molecule has 2 heterocycles. The van der Waals surface area contributed by atoms with E-state index in [1.165, 1.54) is 11.1 Å². The minimum absolute atomic E-state index is 0.299. The molecule has 0 saturated carbocycles. The Bertz CT molecular complexity index is 744. The minimum Gasteiger partial charge on any atom is -0.308 e. The van der Waals surface area contributed by atoms with Crippen molar-refractivity contribution in [2.75, 3.05) is 0 Å². The van der Waals surface area contributed by atoms with Gasteiger partial charge in [-0.15, -0.1) is 0 Å². The van der Waals surface area contributed by atoms with E-state index < -0.39 is 0 Å². The van der Waals surface area contributed by atoms with Crippen LogP contribution >= 0.6 is 0 Å². The van der Waals surface area contributed by atoms with Crippen molar-refractivity contribution in [3.05, 3.63) is 66.2 Å². The maximum absolute atomic E-state index is 4.43. The number of hydrogen-bond acceptors (Lipinski definition) is 3. The van der Waals surface area contributed by atoms with Crippen molar-refractivity contribution < 1.29 is 0 Å². The SMILES string of the molecule is Cc1cnn([C@H](C)[C@H](C)NCc2cnn(-c3ccccc3)c2)c1. The van der Waals surface area contributed by atoms with E-state index in [1.54, 1.807) is 0 Å². The zero-order valence-electron chi connectivity index (χ0n) is 13.8. The molecular formula is C18H23N5. The molecule has 2 atom stereocenters. The predicted molar refractivity (Wildman–Crippen MR) is 91.5 cm³/mol. The molecule has 0 aliphatic rings. The average Bonchev–Trinajstić information content (AvgIpc) is 3.22. The van der Waals surface area contributed by atoms with Crippen molar-refractivity contribution in [3.63, 3.8) is 0 Å². The molecule has 0 spiro atoms. The minimum atomic E-state index is 0.299. The number of nitrogens with zero attached hydrogens (tertiary/aromatic N) is 4. The van der Waals surface area contributed by atoms with Gasteiger partial charge in [0.15, 0.2) is 0 Å². The third kappa shape index (κ3) is 3.68. The van der Waals surface area contributed by atoms with Gasteiger partial charge in [-0.25, -0.2) is 4.68 Å². The normalized spacial score (nSPS) is 13.9. The summed E-state index contributed by atoms with van der Waals surface area (Å²) in [4.78, 5) is 0. The summed E-state index contributed by atoms with van der Waals surface area (Å²) in [6.07, 6.45) is 7.95. The van der Waals surface area contributed by atoms with Gasteiger partial charge in [-0.2, -0.15) is 10.2 Å². The Kier molecular flexibility index (Phi) is 4.57. The number of nitrogens with one attached hydrogen (secondary N) is 1. The number of rotatable bonds is 6. The summed E-state index contributed by atoms with van der Waals surface area (Å²) in [5, 5.41) is 12.4. The summed E-state index contributed by atoms with van der Waals surface area (Å²) in [7, 11) is 0. The van der Waals surface area contributed by atoms with Gasteiger partial charge in [-0.05, 0) is 38.5 Å². The Hall–Kier alpha value is -2.40. The summed E-state index contributed by atoms with van der Waals surface area (Å²) in [5.41, 5.74) is 3.44. The second-order valence-corrected chi connectivity index (χ2v) is 6.04. The number of para-hydroxylation sites is 1. The van der Waals surface area contributed by atoms with Gasteiger partial charge < -0.3 is 5.32 Å². The van der Waals surface area contributed by atoms with E-state index in [-0.39, 0.29) is 0 Å². The lowest BCUT2D eigenvalue weighted by molar-refractivity contribution is 0.365. The van der Waals surface area contributed by atoms with Crippen molar-refractivity contribution in [2.45, 2.75) is 39.4 Å². The van der Waals surface area contributed by atoms with Crippen LogP contribution in [0.4, 0.5) is 0 Å². The van der Waals surface area contributed by atoms with Crippen molar-refractivity contribution >= 4 is 0 Å². The third-order valence-electron chi connectivity index (χ3n) is 4.16. The Morgan fingerprint density at radius 1 is 1.04 bits per heavy atom. The molecule has 0 aliphatic heterocycles. The van der Waals surface area contributed by atoms with Gasteiger partial charge in [-0.3, -0.25) is 4.68 Å². The summed E-state index contributed by atoms with van der Waals surface area (Å²) in [6, 6.07) is 10.8. The highest BCUT2D eigenvalue weighted by Crippen LogP contribution is 2.12. The molecule has 0 aliphatic carbocycles. The molecule has 5 nitrogen and oxygen atoms in total. The van der Waals surface area contributed by atoms with Crippen molar-refractivity contribution in [3.8, 4) is 5.69 Å². The molecule has 0 bridgehead atoms. The molecule has 0 unspecified atom stereocenters. The fourth-order valence-corrected chi connectivity index (χ4v) is 2.51. The first-order chi connectivity index (χ1) is 11.1. The second kappa shape index (κ2) is 6.79. The molecule has 3 aromatic rings. The summed E-state index contributed by atoms with van der Waals surface area (Å²) in [6.45, 7) is 7.21. The molecule has 2 aromatic heterocycles. The lowest BCUT2D eigenvalue weighted by Crippen LogP contribution is -2.33. The molecule has 23 heavy (non-hydrogen) atoms. The second-order valence-electron chi connectivity index (χ2n) is 6.04. The van der Waals surface area contributed by atoms with Crippen LogP contribution in [-0.2, 0) is 6.54 Å². The highest BCUT2D eigenvalue weighted by Gasteiger charge is 2.14. The Labute approximate surface area is 136 Å². The first kappa shape index (κ1) is 15.5. The van der Waals surface area contributed by atoms with E-state index in [0.717, 1.165) is 12.2 Å². The largest absolute Gasteiger partial charge is 0.308 e. The zero-order chi connectivity index (χ0) is 16.2. The molecule has 0 amide bonds. The van der Waals surface area contributed by atoms with E-state index in [9.17, 15) is 0 Å². The number of aryl methyl sites for hydroxylation is 1. The Morgan fingerprint density at radius 3 is 2.52 bits per heavy atom. The smallest absolute Gasteiger partial charge is 0.0645 e. The van der Waals surface area contributed by atoms with Gasteiger partial charge in [0.1, 0.15) is 0 Å². The highest BCUT2D eigenvalue weighted by atomic mass is 15.3. The molecule has 0 fully saturated rings. The summed E-state index contributed by atoms with van der Waals surface area (Å²) in [5.74, 6) is 0. The van der Waals surface area contributed by atoms with Gasteiger partial charge >= 0.3 is 0 Å². The van der Waals surface area contributed by atoms with Crippen LogP contribution in [0.15, 0.2) is 55.1 Å². The Balaban J connectivity index is 1.59. The lowest BCUT2D eigenvalue weighted by Gasteiger charge is -2.21. The zero-order valence-corrected chi connectivity index (χ0v) is 13.8. The average molecular weight is 309 g/mol. The van der Waals surface area contributed by atoms with Gasteiger partial charge in [-0.1, -0.05) is 18.2 Å². The molecule has 5 heteroatoms. The molecule has 0 radical (unpaired) electrons. The maximum atomic E-state index is 4.43. The van der Waals surface area contributed by atoms with Gasteiger partial charge in [0.2, 0.25) is 0 Å². The number of hydrogen-bond donors (Lipinski definition) is 1. The van der Waals surface area contributed by atoms with E-state index in [0.29, 0.717) is 12.1 Å². The van der Waals surface area contributed by atoms with E-state index in [4.69, 9.17) is 0 Å². The molecule has 0 saturated heterocycles. The van der Waals surface area contributed by atoms with Crippen LogP contribution in [0.2, 0.25) is 0 Å². The van der Waals surface area contributed by atoms with Crippen molar-refractivity contribution in [1.29, 1.82) is 0 Å². The first-order valence-electron chi connectivity index (χ1n) is 7.96. The van der Waals surface area contributed by atoms with Crippen LogP contribution < -0.4 is 5.32 Å². The number of benzene rings is 1. The quantitative estimate of drug-likeness (QED) is 0.761. The monoisotopic (exact) mass is 309 g/mol. The Morgan fingerprint density at radius 2 is 1.83 bits per heavy atom.